The van der Waals surface area contributed by atoms with Crippen LogP contribution in [0.1, 0.15) is 37.0 Å². The molecule has 9 nitrogen and oxygen atoms in total. The summed E-state index contributed by atoms with van der Waals surface area (Å²) in [5, 5.41) is 3.26. The molecule has 1 fully saturated rings. The molecule has 0 atom stereocenters. The average Bonchev–Trinajstić information content (AvgIpc) is 2.79. The molecule has 1 amide bonds. The zero-order valence-electron chi connectivity index (χ0n) is 18.7. The first-order valence-corrected chi connectivity index (χ1v) is 12.6. The van der Waals surface area contributed by atoms with Gasteiger partial charge in [0.2, 0.25) is 15.6 Å². The summed E-state index contributed by atoms with van der Waals surface area (Å²) in [6.45, 7) is 8.71. The smallest absolute Gasteiger partial charge is 0.252 e. The van der Waals surface area contributed by atoms with Gasteiger partial charge in [-0.25, -0.2) is 8.42 Å². The van der Waals surface area contributed by atoms with E-state index < -0.39 is 21.5 Å². The summed E-state index contributed by atoms with van der Waals surface area (Å²) >= 11 is 0. The second-order valence-electron chi connectivity index (χ2n) is 7.81. The van der Waals surface area contributed by atoms with Crippen LogP contribution in [0.2, 0.25) is 0 Å². The van der Waals surface area contributed by atoms with Gasteiger partial charge in [-0.3, -0.25) is 14.5 Å². The summed E-state index contributed by atoms with van der Waals surface area (Å²) in [6, 6.07) is 5.72. The Morgan fingerprint density at radius 3 is 2.66 bits per heavy atom. The lowest BCUT2D eigenvalue weighted by atomic mass is 10.1. The van der Waals surface area contributed by atoms with Crippen LogP contribution in [0.15, 0.2) is 34.0 Å². The van der Waals surface area contributed by atoms with Crippen LogP contribution in [0.5, 0.6) is 0 Å². The normalized spacial score (nSPS) is 15.3. The number of unbranched alkanes of at least 4 members (excludes halogenated alkanes) is 1. The van der Waals surface area contributed by atoms with Gasteiger partial charge in [-0.15, -0.1) is 0 Å². The molecule has 10 heteroatoms. The fraction of sp³-hybridized carbons (Fsp3) is 0.545. The summed E-state index contributed by atoms with van der Waals surface area (Å²) in [5.74, 6) is -0.401. The molecule has 2 aromatic rings. The molecule has 0 radical (unpaired) electrons. The van der Waals surface area contributed by atoms with Gasteiger partial charge in [0.25, 0.3) is 5.91 Å². The number of morpholine rings is 1. The minimum Gasteiger partial charge on any atom is -0.379 e. The van der Waals surface area contributed by atoms with Crippen molar-refractivity contribution in [2.75, 3.05) is 52.5 Å². The van der Waals surface area contributed by atoms with E-state index in [1.54, 1.807) is 13.0 Å². The van der Waals surface area contributed by atoms with Gasteiger partial charge in [0.15, 0.2) is 0 Å². The Hall–Kier alpha value is -2.27. The number of aromatic nitrogens is 1. The molecule has 176 valence electrons. The minimum atomic E-state index is -3.71. The maximum atomic E-state index is 13.1. The van der Waals surface area contributed by atoms with Crippen LogP contribution in [-0.4, -0.2) is 81.0 Å². The summed E-state index contributed by atoms with van der Waals surface area (Å²) in [4.78, 5) is 30.0. The number of nitrogens with one attached hydrogen (secondary N) is 2. The van der Waals surface area contributed by atoms with Crippen molar-refractivity contribution in [1.29, 1.82) is 0 Å². The molecule has 2 N–H and O–H groups in total. The van der Waals surface area contributed by atoms with Gasteiger partial charge in [0.1, 0.15) is 0 Å². The predicted octanol–water partition coefficient (Wildman–Crippen LogP) is 1.40. The number of hydrogen-bond acceptors (Lipinski definition) is 6. The molecule has 0 bridgehead atoms. The Kier molecular flexibility index (Phi) is 8.41. The topological polar surface area (TPSA) is 112 Å². The fourth-order valence-corrected chi connectivity index (χ4v) is 5.27. The minimum absolute atomic E-state index is 0.109. The van der Waals surface area contributed by atoms with Crippen molar-refractivity contribution in [2.24, 2.45) is 0 Å². The molecule has 3 rings (SSSR count). The highest BCUT2D eigenvalue weighted by atomic mass is 32.2. The first-order valence-electron chi connectivity index (χ1n) is 11.1. The van der Waals surface area contributed by atoms with Gasteiger partial charge >= 0.3 is 0 Å². The van der Waals surface area contributed by atoms with Crippen molar-refractivity contribution >= 4 is 26.8 Å². The van der Waals surface area contributed by atoms with E-state index in [1.807, 2.05) is 6.92 Å². The number of H-pyrrole nitrogens is 1. The summed E-state index contributed by atoms with van der Waals surface area (Å²) in [5.41, 5.74) is 0.176. The van der Waals surface area contributed by atoms with E-state index in [9.17, 15) is 18.0 Å². The molecule has 1 aromatic heterocycles. The van der Waals surface area contributed by atoms with E-state index in [2.05, 4.69) is 15.2 Å². The third-order valence-electron chi connectivity index (χ3n) is 5.63. The number of ether oxygens (including phenoxy) is 1. The predicted molar refractivity (Wildman–Crippen MR) is 124 cm³/mol. The summed E-state index contributed by atoms with van der Waals surface area (Å²) < 4.78 is 33.1. The third-order valence-corrected chi connectivity index (χ3v) is 7.60. The van der Waals surface area contributed by atoms with Crippen molar-refractivity contribution in [3.8, 4) is 0 Å². The lowest BCUT2D eigenvalue weighted by Crippen LogP contribution is -2.41. The van der Waals surface area contributed by atoms with Crippen molar-refractivity contribution in [1.82, 2.24) is 19.5 Å². The Balaban J connectivity index is 1.86. The number of carbonyl (C=O) groups excluding carboxylic acids is 1. The highest BCUT2D eigenvalue weighted by Crippen LogP contribution is 2.23. The molecular formula is C22H32N4O5S. The molecule has 0 unspecified atom stereocenters. The second kappa shape index (κ2) is 11.0. The summed E-state index contributed by atoms with van der Waals surface area (Å²) in [7, 11) is -3.71. The van der Waals surface area contributed by atoms with Gasteiger partial charge < -0.3 is 15.0 Å². The van der Waals surface area contributed by atoms with Crippen molar-refractivity contribution in [3.63, 3.8) is 0 Å². The largest absolute Gasteiger partial charge is 0.379 e. The van der Waals surface area contributed by atoms with Crippen molar-refractivity contribution in [3.05, 3.63) is 40.2 Å². The molecule has 2 heterocycles. The Morgan fingerprint density at radius 1 is 1.22 bits per heavy atom. The number of aromatic amines is 1. The van der Waals surface area contributed by atoms with Gasteiger partial charge in [-0.05, 0) is 24.6 Å². The Bertz CT molecular complexity index is 1090. The van der Waals surface area contributed by atoms with Gasteiger partial charge in [-0.2, -0.15) is 4.31 Å². The Labute approximate surface area is 188 Å². The first-order chi connectivity index (χ1) is 15.4. The second-order valence-corrected chi connectivity index (χ2v) is 9.75. The van der Waals surface area contributed by atoms with E-state index in [0.29, 0.717) is 50.3 Å². The standard InChI is InChI=1S/C22H32N4O5S/c1-3-5-9-26(4-2)32(29,30)17-6-7-20-18(15-17)19(16-21(27)24-20)22(28)23-8-10-25-11-13-31-14-12-25/h6-7,15-16H,3-5,8-14H2,1-2H3,(H,23,28)(H,24,27). The van der Waals surface area contributed by atoms with Crippen LogP contribution in [0.25, 0.3) is 10.9 Å². The number of pyridine rings is 1. The molecule has 1 aromatic carbocycles. The van der Waals surface area contributed by atoms with Crippen LogP contribution < -0.4 is 10.9 Å². The number of rotatable bonds is 10. The highest BCUT2D eigenvalue weighted by molar-refractivity contribution is 7.89. The number of amides is 1. The van der Waals surface area contributed by atoms with Gasteiger partial charge in [0, 0.05) is 56.2 Å². The number of sulfonamides is 1. The van der Waals surface area contributed by atoms with E-state index in [4.69, 9.17) is 4.74 Å². The van der Waals surface area contributed by atoms with Crippen LogP contribution in [0, 0.1) is 0 Å². The van der Waals surface area contributed by atoms with E-state index >= 15 is 0 Å². The molecular weight excluding hydrogens is 432 g/mol. The maximum Gasteiger partial charge on any atom is 0.252 e. The molecule has 0 saturated carbocycles. The van der Waals surface area contributed by atoms with E-state index in [1.165, 1.54) is 22.5 Å². The van der Waals surface area contributed by atoms with E-state index in [-0.39, 0.29) is 10.5 Å². The fourth-order valence-electron chi connectivity index (χ4n) is 3.76. The van der Waals surface area contributed by atoms with Crippen molar-refractivity contribution < 1.29 is 17.9 Å². The zero-order valence-corrected chi connectivity index (χ0v) is 19.5. The average molecular weight is 465 g/mol. The van der Waals surface area contributed by atoms with Gasteiger partial charge in [-0.1, -0.05) is 20.3 Å². The molecule has 0 aliphatic carbocycles. The summed E-state index contributed by atoms with van der Waals surface area (Å²) in [6.07, 6.45) is 1.66. The lowest BCUT2D eigenvalue weighted by molar-refractivity contribution is 0.0383. The van der Waals surface area contributed by atoms with Crippen LogP contribution in [0.4, 0.5) is 0 Å². The number of fused-ring (bicyclic) bond motifs is 1. The van der Waals surface area contributed by atoms with Crippen molar-refractivity contribution in [2.45, 2.75) is 31.6 Å². The van der Waals surface area contributed by atoms with Gasteiger partial charge in [0.05, 0.1) is 23.7 Å². The molecule has 0 spiro atoms. The van der Waals surface area contributed by atoms with Crippen LogP contribution in [-0.2, 0) is 14.8 Å². The maximum absolute atomic E-state index is 13.1. The lowest BCUT2D eigenvalue weighted by Gasteiger charge is -2.26. The monoisotopic (exact) mass is 464 g/mol. The quantitative estimate of drug-likeness (QED) is 0.550. The molecule has 32 heavy (non-hydrogen) atoms. The SMILES string of the molecule is CCCCN(CC)S(=O)(=O)c1ccc2[nH]c(=O)cc(C(=O)NCCN3CCOCC3)c2c1. The van der Waals surface area contributed by atoms with Crippen LogP contribution in [0.3, 0.4) is 0 Å². The molecule has 1 aliphatic rings. The number of hydrogen-bond donors (Lipinski definition) is 2. The first kappa shape index (κ1) is 24.4. The molecule has 1 saturated heterocycles. The number of benzene rings is 1. The number of carbonyl (C=O) groups is 1. The number of nitrogens with zero attached hydrogens (tertiary/aromatic N) is 2. The third kappa shape index (κ3) is 5.74. The molecule has 1 aliphatic heterocycles. The zero-order chi connectivity index (χ0) is 23.1. The Morgan fingerprint density at radius 2 is 1.97 bits per heavy atom. The van der Waals surface area contributed by atoms with E-state index in [0.717, 1.165) is 25.9 Å². The van der Waals surface area contributed by atoms with Crippen LogP contribution >= 0.6 is 0 Å². The highest BCUT2D eigenvalue weighted by Gasteiger charge is 2.24.